The minimum atomic E-state index is 0.625. The van der Waals surface area contributed by atoms with Gasteiger partial charge in [-0.25, -0.2) is 4.98 Å². The molecule has 0 aliphatic carbocycles. The molecule has 2 aromatic rings. The summed E-state index contributed by atoms with van der Waals surface area (Å²) >= 11 is 12.0. The smallest absolute Gasteiger partial charge is 0.274 e. The van der Waals surface area contributed by atoms with Gasteiger partial charge in [0.25, 0.3) is 5.82 Å². The van der Waals surface area contributed by atoms with E-state index in [1.807, 2.05) is 24.4 Å². The topological polar surface area (TPSA) is 21.8 Å². The van der Waals surface area contributed by atoms with Gasteiger partial charge in [-0.05, 0) is 18.2 Å². The fourth-order valence-electron chi connectivity index (χ4n) is 2.76. The molecular weight excluding hydrogens is 305 g/mol. The maximum absolute atomic E-state index is 6.08. The van der Waals surface area contributed by atoms with Crippen LogP contribution in [0.2, 0.25) is 10.0 Å². The first-order valence-electron chi connectivity index (χ1n) is 7.21. The number of pyridine rings is 1. The highest BCUT2D eigenvalue weighted by Crippen LogP contribution is 2.22. The molecule has 0 radical (unpaired) electrons. The molecule has 21 heavy (non-hydrogen) atoms. The van der Waals surface area contributed by atoms with Crippen LogP contribution in [0.25, 0.3) is 0 Å². The number of aromatic amines is 1. The average molecular weight is 324 g/mol. The molecule has 0 amide bonds. The summed E-state index contributed by atoms with van der Waals surface area (Å²) in [6, 6.07) is 12.1. The van der Waals surface area contributed by atoms with Crippen molar-refractivity contribution in [2.45, 2.75) is 6.54 Å². The molecule has 0 atom stereocenters. The van der Waals surface area contributed by atoms with Gasteiger partial charge in [0.05, 0.1) is 16.2 Å². The first-order chi connectivity index (χ1) is 10.2. The Labute approximate surface area is 135 Å². The van der Waals surface area contributed by atoms with Crippen LogP contribution in [0.15, 0.2) is 42.6 Å². The predicted molar refractivity (Wildman–Crippen MR) is 86.1 cm³/mol. The van der Waals surface area contributed by atoms with Crippen LogP contribution < -0.4 is 14.8 Å². The van der Waals surface area contributed by atoms with Gasteiger partial charge in [-0.3, -0.25) is 4.90 Å². The molecular formula is C16H19Cl2N3+2. The van der Waals surface area contributed by atoms with E-state index in [1.165, 1.54) is 11.4 Å². The summed E-state index contributed by atoms with van der Waals surface area (Å²) in [6.07, 6.45) is 1.98. The minimum absolute atomic E-state index is 0.625. The summed E-state index contributed by atoms with van der Waals surface area (Å²) in [4.78, 5) is 7.29. The number of halogens is 2. The van der Waals surface area contributed by atoms with Gasteiger partial charge in [-0.15, -0.1) is 0 Å². The molecule has 1 fully saturated rings. The number of nitrogens with zero attached hydrogens (tertiary/aromatic N) is 1. The van der Waals surface area contributed by atoms with Gasteiger partial charge < -0.3 is 4.90 Å². The largest absolute Gasteiger partial charge is 0.325 e. The zero-order chi connectivity index (χ0) is 14.7. The number of hydrogen-bond acceptors (Lipinski definition) is 1. The van der Waals surface area contributed by atoms with Crippen molar-refractivity contribution >= 4 is 29.0 Å². The maximum Gasteiger partial charge on any atom is 0.274 e. The lowest BCUT2D eigenvalue weighted by Gasteiger charge is -2.28. The molecule has 0 saturated carbocycles. The van der Waals surface area contributed by atoms with Crippen molar-refractivity contribution in [3.8, 4) is 0 Å². The van der Waals surface area contributed by atoms with Crippen LogP contribution in [0.1, 0.15) is 5.56 Å². The molecule has 0 spiro atoms. The molecule has 3 rings (SSSR count). The van der Waals surface area contributed by atoms with E-state index in [4.69, 9.17) is 23.2 Å². The summed E-state index contributed by atoms with van der Waals surface area (Å²) in [5.41, 5.74) is 1.25. The third-order valence-corrected chi connectivity index (χ3v) is 4.68. The predicted octanol–water partition coefficient (Wildman–Crippen LogP) is 1.71. The zero-order valence-corrected chi connectivity index (χ0v) is 13.3. The van der Waals surface area contributed by atoms with E-state index in [1.54, 1.807) is 4.90 Å². The molecule has 2 N–H and O–H groups in total. The fourth-order valence-corrected chi connectivity index (χ4v) is 3.08. The van der Waals surface area contributed by atoms with Crippen LogP contribution in [0, 0.1) is 0 Å². The zero-order valence-electron chi connectivity index (χ0n) is 11.8. The first-order valence-corrected chi connectivity index (χ1v) is 7.97. The van der Waals surface area contributed by atoms with E-state index >= 15 is 0 Å². The van der Waals surface area contributed by atoms with E-state index in [0.717, 1.165) is 32.7 Å². The van der Waals surface area contributed by atoms with Gasteiger partial charge in [-0.1, -0.05) is 35.3 Å². The summed E-state index contributed by atoms with van der Waals surface area (Å²) in [5.74, 6) is 1.20. The first kappa shape index (κ1) is 14.6. The molecule has 0 bridgehead atoms. The highest BCUT2D eigenvalue weighted by atomic mass is 35.5. The van der Waals surface area contributed by atoms with Gasteiger partial charge in [0.2, 0.25) is 0 Å². The highest BCUT2D eigenvalue weighted by Gasteiger charge is 2.25. The van der Waals surface area contributed by atoms with Crippen molar-refractivity contribution in [3.63, 3.8) is 0 Å². The Morgan fingerprint density at radius 2 is 1.86 bits per heavy atom. The number of hydrogen-bond donors (Lipinski definition) is 1. The lowest BCUT2D eigenvalue weighted by molar-refractivity contribution is -0.914. The third-order valence-electron chi connectivity index (χ3n) is 3.94. The van der Waals surface area contributed by atoms with Crippen LogP contribution in [0.5, 0.6) is 0 Å². The van der Waals surface area contributed by atoms with Gasteiger partial charge in [0, 0.05) is 11.6 Å². The number of quaternary nitrogens is 1. The summed E-state index contributed by atoms with van der Waals surface area (Å²) in [7, 11) is 0. The molecule has 0 unspecified atom stereocenters. The second kappa shape index (κ2) is 6.65. The van der Waals surface area contributed by atoms with Crippen molar-refractivity contribution in [1.29, 1.82) is 0 Å². The van der Waals surface area contributed by atoms with Crippen LogP contribution in [-0.4, -0.2) is 26.2 Å². The van der Waals surface area contributed by atoms with E-state index in [2.05, 4.69) is 28.1 Å². The number of anilines is 1. The number of rotatable bonds is 3. The summed E-state index contributed by atoms with van der Waals surface area (Å²) < 4.78 is 0. The molecule has 1 aromatic carbocycles. The standard InChI is InChI=1S/C16H17Cl2N3/c17-14-5-4-13(11-15(14)18)12-20-7-9-21(10-8-20)16-3-1-2-6-19-16/h1-6,11H,7-10,12H2/p+2. The SMILES string of the molecule is Clc1ccc(C[NH+]2CCN(c3cccc[nH+]3)CC2)cc1Cl. The van der Waals surface area contributed by atoms with Gasteiger partial charge in [-0.2, -0.15) is 0 Å². The monoisotopic (exact) mass is 323 g/mol. The fraction of sp³-hybridized carbons (Fsp3) is 0.312. The Balaban J connectivity index is 1.57. The number of benzene rings is 1. The van der Waals surface area contributed by atoms with Crippen molar-refractivity contribution in [1.82, 2.24) is 0 Å². The van der Waals surface area contributed by atoms with Gasteiger partial charge >= 0.3 is 0 Å². The van der Waals surface area contributed by atoms with Crippen LogP contribution in [-0.2, 0) is 6.54 Å². The van der Waals surface area contributed by atoms with Gasteiger partial charge in [0.1, 0.15) is 32.7 Å². The Hall–Kier alpha value is -1.29. The van der Waals surface area contributed by atoms with Crippen molar-refractivity contribution < 1.29 is 9.88 Å². The number of H-pyrrole nitrogens is 1. The minimum Gasteiger partial charge on any atom is -0.325 e. The van der Waals surface area contributed by atoms with Crippen molar-refractivity contribution in [3.05, 3.63) is 58.2 Å². The Morgan fingerprint density at radius 1 is 1.05 bits per heavy atom. The maximum atomic E-state index is 6.08. The molecule has 5 heteroatoms. The van der Waals surface area contributed by atoms with E-state index in [9.17, 15) is 0 Å². The quantitative estimate of drug-likeness (QED) is 0.912. The number of nitrogens with one attached hydrogen (secondary N) is 2. The highest BCUT2D eigenvalue weighted by molar-refractivity contribution is 6.42. The van der Waals surface area contributed by atoms with Crippen molar-refractivity contribution in [2.24, 2.45) is 0 Å². The summed E-state index contributed by atoms with van der Waals surface area (Å²) in [6.45, 7) is 5.39. The molecule has 1 aliphatic heterocycles. The molecule has 1 aromatic heterocycles. The Morgan fingerprint density at radius 3 is 2.52 bits per heavy atom. The lowest BCUT2D eigenvalue weighted by atomic mass is 10.2. The second-order valence-electron chi connectivity index (χ2n) is 5.41. The van der Waals surface area contributed by atoms with E-state index in [-0.39, 0.29) is 0 Å². The summed E-state index contributed by atoms with van der Waals surface area (Å²) in [5, 5.41) is 1.27. The second-order valence-corrected chi connectivity index (χ2v) is 6.22. The molecule has 2 heterocycles. The molecule has 1 aliphatic rings. The number of piperazine rings is 1. The Bertz CT molecular complexity index is 596. The molecule has 3 nitrogen and oxygen atoms in total. The molecule has 1 saturated heterocycles. The normalized spacial score (nSPS) is 16.2. The van der Waals surface area contributed by atoms with E-state index < -0.39 is 0 Å². The number of aromatic nitrogens is 1. The van der Waals surface area contributed by atoms with Crippen LogP contribution >= 0.6 is 23.2 Å². The van der Waals surface area contributed by atoms with E-state index in [0.29, 0.717) is 10.0 Å². The molecule has 110 valence electrons. The Kier molecular flexibility index (Phi) is 4.63. The average Bonchev–Trinajstić information content (AvgIpc) is 2.53. The third kappa shape index (κ3) is 3.67. The van der Waals surface area contributed by atoms with Crippen molar-refractivity contribution in [2.75, 3.05) is 31.1 Å². The lowest BCUT2D eigenvalue weighted by Crippen LogP contribution is -3.13. The van der Waals surface area contributed by atoms with Crippen LogP contribution in [0.3, 0.4) is 0 Å². The van der Waals surface area contributed by atoms with Crippen LogP contribution in [0.4, 0.5) is 5.82 Å². The van der Waals surface area contributed by atoms with Gasteiger partial charge in [0.15, 0.2) is 0 Å².